The highest BCUT2D eigenvalue weighted by Gasteiger charge is 2.28. The van der Waals surface area contributed by atoms with E-state index in [1.165, 1.54) is 0 Å². The summed E-state index contributed by atoms with van der Waals surface area (Å²) in [6.07, 6.45) is 2.26. The Morgan fingerprint density at radius 3 is 2.58 bits per heavy atom. The number of thiocarbonyl (C=S) groups is 1. The van der Waals surface area contributed by atoms with Gasteiger partial charge < -0.3 is 20.7 Å². The van der Waals surface area contributed by atoms with Gasteiger partial charge in [-0.2, -0.15) is 0 Å². The topological polar surface area (TPSA) is 79.5 Å². The van der Waals surface area contributed by atoms with E-state index in [9.17, 15) is 9.59 Å². The third kappa shape index (κ3) is 8.50. The minimum absolute atomic E-state index is 0.139. The Morgan fingerprint density at radius 1 is 1.09 bits per heavy atom. The molecule has 7 heteroatoms. The van der Waals surface area contributed by atoms with Crippen molar-refractivity contribution < 1.29 is 14.3 Å². The molecule has 0 bridgehead atoms. The second kappa shape index (κ2) is 12.3. The van der Waals surface area contributed by atoms with Crippen LogP contribution < -0.4 is 20.7 Å². The molecule has 2 aromatic rings. The van der Waals surface area contributed by atoms with Crippen LogP contribution in [-0.4, -0.2) is 30.1 Å². The van der Waals surface area contributed by atoms with Crippen LogP contribution in [0, 0.1) is 19.3 Å². The van der Waals surface area contributed by atoms with Crippen molar-refractivity contribution in [2.45, 2.75) is 53.9 Å². The Kier molecular flexibility index (Phi) is 9.85. The van der Waals surface area contributed by atoms with Crippen LogP contribution in [0.3, 0.4) is 0 Å². The molecule has 0 spiro atoms. The predicted octanol–water partition coefficient (Wildman–Crippen LogP) is 5.14. The molecular formula is C26H35N3O3S. The van der Waals surface area contributed by atoms with E-state index in [1.54, 1.807) is 24.3 Å². The zero-order chi connectivity index (χ0) is 24.4. The van der Waals surface area contributed by atoms with Gasteiger partial charge in [-0.05, 0) is 80.7 Å². The first kappa shape index (κ1) is 26.3. The summed E-state index contributed by atoms with van der Waals surface area (Å²) in [5, 5.41) is 8.80. The summed E-state index contributed by atoms with van der Waals surface area (Å²) in [5.74, 6) is 0.580. The van der Waals surface area contributed by atoms with Gasteiger partial charge in [-0.1, -0.05) is 39.0 Å². The first-order valence-corrected chi connectivity index (χ1v) is 11.7. The van der Waals surface area contributed by atoms with Crippen molar-refractivity contribution >= 4 is 34.8 Å². The number of aryl methyl sites for hydroxylation is 2. The number of hydrogen-bond acceptors (Lipinski definition) is 4. The fraction of sp³-hybridized carbons (Fsp3) is 0.423. The molecule has 6 nitrogen and oxygen atoms in total. The minimum atomic E-state index is -0.612. The number of carbonyl (C=O) groups excluding carboxylic acids is 2. The Morgan fingerprint density at radius 2 is 1.85 bits per heavy atom. The van der Waals surface area contributed by atoms with Crippen LogP contribution in [0.1, 0.15) is 61.5 Å². The highest BCUT2D eigenvalue weighted by molar-refractivity contribution is 7.80. The fourth-order valence-electron chi connectivity index (χ4n) is 3.19. The Balaban J connectivity index is 1.83. The average Bonchev–Trinajstić information content (AvgIpc) is 2.77. The maximum atomic E-state index is 12.8. The van der Waals surface area contributed by atoms with E-state index in [0.717, 1.165) is 29.7 Å². The molecule has 0 heterocycles. The molecule has 2 aromatic carbocycles. The lowest BCUT2D eigenvalue weighted by molar-refractivity contribution is -0.128. The molecule has 0 aliphatic heterocycles. The Hall–Kier alpha value is -2.93. The molecule has 0 saturated carbocycles. The Bertz CT molecular complexity index is 988. The molecule has 0 saturated heterocycles. The predicted molar refractivity (Wildman–Crippen MR) is 138 cm³/mol. The molecule has 0 aromatic heterocycles. The molecule has 33 heavy (non-hydrogen) atoms. The van der Waals surface area contributed by atoms with Crippen LogP contribution in [-0.2, 0) is 4.79 Å². The van der Waals surface area contributed by atoms with E-state index in [4.69, 9.17) is 17.0 Å². The van der Waals surface area contributed by atoms with Crippen LogP contribution >= 0.6 is 12.2 Å². The molecule has 0 unspecified atom stereocenters. The first-order valence-electron chi connectivity index (χ1n) is 11.3. The maximum Gasteiger partial charge on any atom is 0.251 e. The van der Waals surface area contributed by atoms with Crippen molar-refractivity contribution in [3.8, 4) is 5.75 Å². The second-order valence-corrected chi connectivity index (χ2v) is 9.26. The summed E-state index contributed by atoms with van der Waals surface area (Å²) in [5.41, 5.74) is 2.82. The molecule has 0 radical (unpaired) electrons. The van der Waals surface area contributed by atoms with Crippen LogP contribution in [0.5, 0.6) is 5.75 Å². The number of ether oxygens (including phenoxy) is 1. The number of hydrogen-bond donors (Lipinski definition) is 3. The van der Waals surface area contributed by atoms with E-state index in [2.05, 4.69) is 22.0 Å². The molecule has 178 valence electrons. The van der Waals surface area contributed by atoms with Crippen molar-refractivity contribution in [2.24, 2.45) is 5.41 Å². The van der Waals surface area contributed by atoms with E-state index >= 15 is 0 Å². The molecule has 0 aliphatic carbocycles. The van der Waals surface area contributed by atoms with Gasteiger partial charge in [0.1, 0.15) is 5.75 Å². The highest BCUT2D eigenvalue weighted by atomic mass is 32.1. The summed E-state index contributed by atoms with van der Waals surface area (Å²) in [7, 11) is 0. The van der Waals surface area contributed by atoms with E-state index in [-0.39, 0.29) is 16.9 Å². The third-order valence-corrected chi connectivity index (χ3v) is 5.51. The molecule has 0 fully saturated rings. The number of amides is 2. The summed E-state index contributed by atoms with van der Waals surface area (Å²) < 4.78 is 5.91. The quantitative estimate of drug-likeness (QED) is 0.332. The van der Waals surface area contributed by atoms with Gasteiger partial charge in [0, 0.05) is 23.2 Å². The normalized spacial score (nSPS) is 10.9. The van der Waals surface area contributed by atoms with Gasteiger partial charge in [0.05, 0.1) is 6.61 Å². The van der Waals surface area contributed by atoms with E-state index < -0.39 is 5.41 Å². The lowest BCUT2D eigenvalue weighted by Gasteiger charge is -2.24. The van der Waals surface area contributed by atoms with E-state index in [0.29, 0.717) is 30.8 Å². The van der Waals surface area contributed by atoms with Gasteiger partial charge in [-0.3, -0.25) is 9.59 Å². The fourth-order valence-corrected chi connectivity index (χ4v) is 3.40. The number of benzene rings is 2. The van der Waals surface area contributed by atoms with Crippen molar-refractivity contribution in [1.82, 2.24) is 10.6 Å². The smallest absolute Gasteiger partial charge is 0.251 e. The number of anilines is 1. The number of nitrogens with one attached hydrogen (secondary N) is 3. The van der Waals surface area contributed by atoms with Crippen LogP contribution in [0.2, 0.25) is 0 Å². The summed E-state index contributed by atoms with van der Waals surface area (Å²) in [6.45, 7) is 11.0. The van der Waals surface area contributed by atoms with Crippen LogP contribution in [0.15, 0.2) is 42.5 Å². The standard InChI is InChI=1S/C26H35N3O3S/c1-6-14-27-23(30)20-9-7-10-21(17-20)28-25(33)29-24(31)26(4,5)13-8-15-32-22-16-18(2)11-12-19(22)3/h7,9-12,16-17H,6,8,13-15H2,1-5H3,(H,27,30)(H2,28,29,31,33). The van der Waals surface area contributed by atoms with Crippen molar-refractivity contribution in [1.29, 1.82) is 0 Å². The van der Waals surface area contributed by atoms with Gasteiger partial charge in [0.15, 0.2) is 5.11 Å². The van der Waals surface area contributed by atoms with Gasteiger partial charge in [-0.15, -0.1) is 0 Å². The molecule has 0 aliphatic rings. The van der Waals surface area contributed by atoms with Gasteiger partial charge in [0.2, 0.25) is 5.91 Å². The maximum absolute atomic E-state index is 12.8. The van der Waals surface area contributed by atoms with Crippen molar-refractivity contribution in [2.75, 3.05) is 18.5 Å². The zero-order valence-corrected chi connectivity index (χ0v) is 21.0. The third-order valence-electron chi connectivity index (χ3n) is 5.31. The summed E-state index contributed by atoms with van der Waals surface area (Å²) >= 11 is 5.32. The van der Waals surface area contributed by atoms with Crippen LogP contribution in [0.4, 0.5) is 5.69 Å². The SMILES string of the molecule is CCCNC(=O)c1cccc(NC(=S)NC(=O)C(C)(C)CCCOc2cc(C)ccc2C)c1. The monoisotopic (exact) mass is 469 g/mol. The van der Waals surface area contributed by atoms with Gasteiger partial charge in [-0.25, -0.2) is 0 Å². The average molecular weight is 470 g/mol. The minimum Gasteiger partial charge on any atom is -0.493 e. The molecular weight excluding hydrogens is 434 g/mol. The van der Waals surface area contributed by atoms with Crippen LogP contribution in [0.25, 0.3) is 0 Å². The second-order valence-electron chi connectivity index (χ2n) is 8.85. The Labute approximate surface area is 202 Å². The first-order chi connectivity index (χ1) is 15.6. The van der Waals surface area contributed by atoms with Crippen molar-refractivity contribution in [3.05, 3.63) is 59.2 Å². The number of rotatable bonds is 10. The summed E-state index contributed by atoms with van der Waals surface area (Å²) in [4.78, 5) is 24.9. The lowest BCUT2D eigenvalue weighted by atomic mass is 9.87. The largest absolute Gasteiger partial charge is 0.493 e. The zero-order valence-electron chi connectivity index (χ0n) is 20.2. The molecule has 2 amide bonds. The molecule has 2 rings (SSSR count). The van der Waals surface area contributed by atoms with Gasteiger partial charge >= 0.3 is 0 Å². The summed E-state index contributed by atoms with van der Waals surface area (Å²) in [6, 6.07) is 13.1. The van der Waals surface area contributed by atoms with Gasteiger partial charge in [0.25, 0.3) is 5.91 Å². The highest BCUT2D eigenvalue weighted by Crippen LogP contribution is 2.24. The lowest BCUT2D eigenvalue weighted by Crippen LogP contribution is -2.42. The number of carbonyl (C=O) groups is 2. The molecule has 0 atom stereocenters. The molecule has 3 N–H and O–H groups in total. The van der Waals surface area contributed by atoms with E-state index in [1.807, 2.05) is 46.8 Å². The van der Waals surface area contributed by atoms with Crippen molar-refractivity contribution in [3.63, 3.8) is 0 Å².